The summed E-state index contributed by atoms with van der Waals surface area (Å²) in [4.78, 5) is 28.5. The van der Waals surface area contributed by atoms with Gasteiger partial charge in [-0.15, -0.1) is 0 Å². The highest BCUT2D eigenvalue weighted by atomic mass is 16.5. The maximum absolute atomic E-state index is 13.4. The first-order valence-corrected chi connectivity index (χ1v) is 9.24. The van der Waals surface area contributed by atoms with Gasteiger partial charge in [-0.25, -0.2) is 0 Å². The predicted molar refractivity (Wildman–Crippen MR) is 98.0 cm³/mol. The summed E-state index contributed by atoms with van der Waals surface area (Å²) in [5, 5.41) is 7.34. The summed E-state index contributed by atoms with van der Waals surface area (Å²) >= 11 is 0. The number of benzene rings is 1. The molecule has 140 valence electrons. The number of hydrogen-bond acceptors (Lipinski definition) is 4. The molecule has 0 aliphatic carbocycles. The fourth-order valence-electron chi connectivity index (χ4n) is 4.83. The molecule has 2 atom stereocenters. The predicted octanol–water partition coefficient (Wildman–Crippen LogP) is 1.62. The van der Waals surface area contributed by atoms with Crippen molar-refractivity contribution in [2.45, 2.75) is 24.8 Å². The highest BCUT2D eigenvalue weighted by molar-refractivity contribution is 6.07. The van der Waals surface area contributed by atoms with E-state index in [0.29, 0.717) is 26.2 Å². The summed E-state index contributed by atoms with van der Waals surface area (Å²) in [6.07, 6.45) is 4.27. The van der Waals surface area contributed by atoms with E-state index in [9.17, 15) is 9.59 Å². The minimum atomic E-state index is -0.781. The van der Waals surface area contributed by atoms with Crippen molar-refractivity contribution < 1.29 is 14.3 Å². The van der Waals surface area contributed by atoms with Gasteiger partial charge in [0, 0.05) is 31.0 Å². The summed E-state index contributed by atoms with van der Waals surface area (Å²) < 4.78 is 7.03. The fraction of sp³-hybridized carbons (Fsp3) is 0.450. The van der Waals surface area contributed by atoms with Crippen molar-refractivity contribution in [3.63, 3.8) is 0 Å². The molecular weight excluding hydrogens is 344 g/mol. The first-order valence-electron chi connectivity index (χ1n) is 9.24. The topological polar surface area (TPSA) is 76.5 Å². The van der Waals surface area contributed by atoms with E-state index in [0.717, 1.165) is 16.8 Å². The maximum Gasteiger partial charge on any atom is 0.237 e. The first kappa shape index (κ1) is 16.5. The first-order chi connectivity index (χ1) is 13.0. The lowest BCUT2D eigenvalue weighted by Crippen LogP contribution is -2.54. The van der Waals surface area contributed by atoms with Crippen molar-refractivity contribution in [3.05, 3.63) is 47.8 Å². The Kier molecular flexibility index (Phi) is 3.31. The molecule has 2 amide bonds. The van der Waals surface area contributed by atoms with Gasteiger partial charge in [0.25, 0.3) is 0 Å². The van der Waals surface area contributed by atoms with Crippen LogP contribution in [0.3, 0.4) is 0 Å². The number of nitrogens with one attached hydrogen (secondary N) is 1. The van der Waals surface area contributed by atoms with Crippen LogP contribution in [0.5, 0.6) is 0 Å². The van der Waals surface area contributed by atoms with Crippen molar-refractivity contribution in [1.29, 1.82) is 0 Å². The molecule has 0 saturated carbocycles. The second-order valence-electron chi connectivity index (χ2n) is 8.12. The zero-order valence-corrected chi connectivity index (χ0v) is 15.4. The van der Waals surface area contributed by atoms with E-state index in [1.807, 2.05) is 49.3 Å². The molecule has 3 aliphatic heterocycles. The Hall–Kier alpha value is -2.67. The van der Waals surface area contributed by atoms with Gasteiger partial charge in [0.15, 0.2) is 0 Å². The monoisotopic (exact) mass is 366 g/mol. The molecule has 1 aromatic carbocycles. The molecule has 1 spiro atoms. The molecule has 0 bridgehead atoms. The molecular formula is C20H22N4O3. The van der Waals surface area contributed by atoms with E-state index >= 15 is 0 Å². The highest BCUT2D eigenvalue weighted by Crippen LogP contribution is 2.55. The van der Waals surface area contributed by atoms with E-state index < -0.39 is 10.8 Å². The van der Waals surface area contributed by atoms with E-state index in [4.69, 9.17) is 4.74 Å². The Morgan fingerprint density at radius 3 is 2.78 bits per heavy atom. The van der Waals surface area contributed by atoms with Gasteiger partial charge in [0.1, 0.15) is 5.41 Å². The number of nitrogens with zero attached hydrogens (tertiary/aromatic N) is 3. The fourth-order valence-corrected chi connectivity index (χ4v) is 4.83. The molecule has 0 radical (unpaired) electrons. The lowest BCUT2D eigenvalue weighted by molar-refractivity contribution is -0.170. The number of aryl methyl sites for hydroxylation is 1. The van der Waals surface area contributed by atoms with E-state index in [-0.39, 0.29) is 17.9 Å². The zero-order valence-electron chi connectivity index (χ0n) is 15.4. The van der Waals surface area contributed by atoms with Crippen LogP contribution in [0.1, 0.15) is 30.5 Å². The number of carbonyl (C=O) groups is 2. The Balaban J connectivity index is 1.66. The van der Waals surface area contributed by atoms with Crippen LogP contribution >= 0.6 is 0 Å². The molecule has 5 rings (SSSR count). The molecule has 1 N–H and O–H groups in total. The van der Waals surface area contributed by atoms with Gasteiger partial charge >= 0.3 is 0 Å². The normalized spacial score (nSPS) is 28.1. The summed E-state index contributed by atoms with van der Waals surface area (Å²) in [5.41, 5.74) is 1.40. The van der Waals surface area contributed by atoms with Crippen LogP contribution in [-0.2, 0) is 26.8 Å². The maximum atomic E-state index is 13.4. The molecule has 27 heavy (non-hydrogen) atoms. The molecule has 3 aliphatic rings. The van der Waals surface area contributed by atoms with Gasteiger partial charge in [-0.1, -0.05) is 18.2 Å². The number of para-hydroxylation sites is 1. The number of fused-ring (bicyclic) bond motifs is 2. The Morgan fingerprint density at radius 2 is 2.11 bits per heavy atom. The van der Waals surface area contributed by atoms with Crippen LogP contribution in [0.15, 0.2) is 36.7 Å². The average molecular weight is 366 g/mol. The summed E-state index contributed by atoms with van der Waals surface area (Å²) in [6, 6.07) is 7.42. The molecule has 7 nitrogen and oxygen atoms in total. The summed E-state index contributed by atoms with van der Waals surface area (Å²) in [7, 11) is 1.85. The number of aromatic nitrogens is 2. The third kappa shape index (κ3) is 2.09. The van der Waals surface area contributed by atoms with Crippen LogP contribution in [0.4, 0.5) is 5.69 Å². The number of hydrogen-bond donors (Lipinski definition) is 1. The van der Waals surface area contributed by atoms with Crippen molar-refractivity contribution >= 4 is 17.5 Å². The minimum Gasteiger partial charge on any atom is -0.379 e. The molecule has 2 aromatic rings. The summed E-state index contributed by atoms with van der Waals surface area (Å²) in [6.45, 7) is 3.33. The highest BCUT2D eigenvalue weighted by Gasteiger charge is 2.61. The molecule has 0 unspecified atom stereocenters. The zero-order chi connectivity index (χ0) is 18.8. The van der Waals surface area contributed by atoms with Crippen molar-refractivity contribution in [3.8, 4) is 0 Å². The lowest BCUT2D eigenvalue weighted by atomic mass is 9.73. The molecule has 4 heterocycles. The summed E-state index contributed by atoms with van der Waals surface area (Å²) in [5.74, 6) is 0.0134. The van der Waals surface area contributed by atoms with Gasteiger partial charge < -0.3 is 15.0 Å². The van der Waals surface area contributed by atoms with Crippen LogP contribution in [0.25, 0.3) is 0 Å². The van der Waals surface area contributed by atoms with E-state index in [1.165, 1.54) is 0 Å². The Morgan fingerprint density at radius 1 is 1.33 bits per heavy atom. The molecule has 2 fully saturated rings. The molecule has 7 heteroatoms. The average Bonchev–Trinajstić information content (AvgIpc) is 3.30. The molecule has 2 saturated heterocycles. The third-order valence-electron chi connectivity index (χ3n) is 6.25. The lowest BCUT2D eigenvalue weighted by Gasteiger charge is -2.42. The smallest absolute Gasteiger partial charge is 0.237 e. The number of carbonyl (C=O) groups excluding carboxylic acids is 2. The number of anilines is 1. The Bertz CT molecular complexity index is 948. The van der Waals surface area contributed by atoms with Crippen LogP contribution in [0, 0.1) is 5.41 Å². The minimum absolute atomic E-state index is 0.0390. The van der Waals surface area contributed by atoms with Gasteiger partial charge in [0.2, 0.25) is 11.8 Å². The van der Waals surface area contributed by atoms with Crippen LogP contribution in [0.2, 0.25) is 0 Å². The van der Waals surface area contributed by atoms with Gasteiger partial charge in [-0.05, 0) is 25.0 Å². The van der Waals surface area contributed by atoms with Crippen LogP contribution in [-0.4, -0.2) is 46.3 Å². The van der Waals surface area contributed by atoms with Gasteiger partial charge in [0.05, 0.1) is 30.9 Å². The SMILES string of the molecule is Cn1cc([C@@H]2N(C(=O)C3(C)COC3)CC[C@]23C(=O)Nc2ccccc23)cn1. The van der Waals surface area contributed by atoms with Crippen molar-refractivity contribution in [2.75, 3.05) is 25.1 Å². The van der Waals surface area contributed by atoms with Crippen LogP contribution < -0.4 is 5.32 Å². The Labute approximate surface area is 157 Å². The quantitative estimate of drug-likeness (QED) is 0.876. The largest absolute Gasteiger partial charge is 0.379 e. The van der Waals surface area contributed by atoms with Crippen molar-refractivity contribution in [2.24, 2.45) is 12.5 Å². The second kappa shape index (κ2) is 5.42. The standard InChI is InChI=1S/C20H22N4O3/c1-19(11-27-12-19)18(26)24-8-7-20(16(24)13-9-21-23(2)10-13)14-5-3-4-6-15(14)22-17(20)25/h3-6,9-10,16H,7-8,11-12H2,1-2H3,(H,22,25)/t16-,20+/m0/s1. The van der Waals surface area contributed by atoms with Gasteiger partial charge in [-0.2, -0.15) is 5.10 Å². The van der Waals surface area contributed by atoms with E-state index in [2.05, 4.69) is 10.4 Å². The third-order valence-corrected chi connectivity index (χ3v) is 6.25. The number of amides is 2. The number of likely N-dealkylation sites (tertiary alicyclic amines) is 1. The number of rotatable bonds is 2. The van der Waals surface area contributed by atoms with E-state index in [1.54, 1.807) is 10.9 Å². The molecule has 1 aromatic heterocycles. The number of ether oxygens (including phenoxy) is 1. The van der Waals surface area contributed by atoms with Gasteiger partial charge in [-0.3, -0.25) is 14.3 Å². The van der Waals surface area contributed by atoms with Crippen molar-refractivity contribution in [1.82, 2.24) is 14.7 Å². The second-order valence-corrected chi connectivity index (χ2v) is 8.12.